The zero-order chi connectivity index (χ0) is 16.5. The third kappa shape index (κ3) is 6.28. The number of rotatable bonds is 7. The van der Waals surface area contributed by atoms with Crippen LogP contribution in [0.2, 0.25) is 0 Å². The molecule has 6 heteroatoms. The van der Waals surface area contributed by atoms with Gasteiger partial charge in [0, 0.05) is 31.4 Å². The minimum absolute atomic E-state index is 0.307. The Morgan fingerprint density at radius 1 is 1.30 bits per heavy atom. The molecular formula is C17H24N4OS. The average molecular weight is 332 g/mol. The van der Waals surface area contributed by atoms with Crippen LogP contribution in [0, 0.1) is 6.92 Å². The van der Waals surface area contributed by atoms with Crippen molar-refractivity contribution in [1.29, 1.82) is 0 Å². The van der Waals surface area contributed by atoms with E-state index < -0.39 is 0 Å². The SMILES string of the molecule is CCNC(=NCCc1csc(C)n1)NCCc1cccc(O)c1. The van der Waals surface area contributed by atoms with Crippen molar-refractivity contribution in [1.82, 2.24) is 15.6 Å². The van der Waals surface area contributed by atoms with Crippen LogP contribution in [0.5, 0.6) is 5.75 Å². The summed E-state index contributed by atoms with van der Waals surface area (Å²) < 4.78 is 0. The first-order valence-corrected chi connectivity index (χ1v) is 8.76. The predicted molar refractivity (Wildman–Crippen MR) is 96.3 cm³/mol. The average Bonchev–Trinajstić information content (AvgIpc) is 2.93. The van der Waals surface area contributed by atoms with Crippen LogP contribution in [0.3, 0.4) is 0 Å². The lowest BCUT2D eigenvalue weighted by molar-refractivity contribution is 0.474. The smallest absolute Gasteiger partial charge is 0.191 e. The van der Waals surface area contributed by atoms with E-state index in [0.29, 0.717) is 12.3 Å². The Labute approximate surface area is 141 Å². The van der Waals surface area contributed by atoms with E-state index in [2.05, 4.69) is 32.9 Å². The molecule has 0 radical (unpaired) electrons. The number of nitrogens with one attached hydrogen (secondary N) is 2. The molecule has 0 aliphatic carbocycles. The number of aryl methyl sites for hydroxylation is 1. The third-order valence-electron chi connectivity index (χ3n) is 3.27. The number of hydrogen-bond donors (Lipinski definition) is 3. The molecule has 0 atom stereocenters. The van der Waals surface area contributed by atoms with Crippen molar-refractivity contribution in [3.8, 4) is 5.75 Å². The van der Waals surface area contributed by atoms with Gasteiger partial charge in [0.25, 0.3) is 0 Å². The maximum Gasteiger partial charge on any atom is 0.191 e. The molecule has 2 aromatic rings. The number of aliphatic imine (C=N–C) groups is 1. The summed E-state index contributed by atoms with van der Waals surface area (Å²) in [4.78, 5) is 9.02. The monoisotopic (exact) mass is 332 g/mol. The van der Waals surface area contributed by atoms with Crippen LogP contribution in [0.15, 0.2) is 34.6 Å². The summed E-state index contributed by atoms with van der Waals surface area (Å²) in [7, 11) is 0. The Morgan fingerprint density at radius 3 is 2.87 bits per heavy atom. The minimum Gasteiger partial charge on any atom is -0.508 e. The molecule has 23 heavy (non-hydrogen) atoms. The molecule has 0 unspecified atom stereocenters. The van der Waals surface area contributed by atoms with Gasteiger partial charge in [0.1, 0.15) is 5.75 Å². The summed E-state index contributed by atoms with van der Waals surface area (Å²) in [5, 5.41) is 19.2. The molecule has 0 saturated carbocycles. The molecule has 0 saturated heterocycles. The van der Waals surface area contributed by atoms with Crippen molar-refractivity contribution < 1.29 is 5.11 Å². The highest BCUT2D eigenvalue weighted by atomic mass is 32.1. The van der Waals surface area contributed by atoms with Gasteiger partial charge in [-0.2, -0.15) is 0 Å². The second-order valence-corrected chi connectivity index (χ2v) is 6.28. The molecule has 3 N–H and O–H groups in total. The van der Waals surface area contributed by atoms with E-state index in [9.17, 15) is 5.11 Å². The van der Waals surface area contributed by atoms with E-state index in [1.54, 1.807) is 23.5 Å². The van der Waals surface area contributed by atoms with Gasteiger partial charge in [0.05, 0.1) is 10.7 Å². The van der Waals surface area contributed by atoms with Crippen molar-refractivity contribution in [3.63, 3.8) is 0 Å². The first-order chi connectivity index (χ1) is 11.2. The number of aromatic hydroxyl groups is 1. The van der Waals surface area contributed by atoms with E-state index in [4.69, 9.17) is 0 Å². The normalized spacial score (nSPS) is 11.5. The summed E-state index contributed by atoms with van der Waals surface area (Å²) in [5.41, 5.74) is 2.21. The summed E-state index contributed by atoms with van der Waals surface area (Å²) in [6, 6.07) is 7.34. The zero-order valence-corrected chi connectivity index (χ0v) is 14.5. The van der Waals surface area contributed by atoms with Gasteiger partial charge in [-0.3, -0.25) is 4.99 Å². The Bertz CT molecular complexity index is 639. The van der Waals surface area contributed by atoms with Crippen molar-refractivity contribution in [3.05, 3.63) is 45.9 Å². The number of benzene rings is 1. The van der Waals surface area contributed by atoms with E-state index >= 15 is 0 Å². The topological polar surface area (TPSA) is 69.5 Å². The fourth-order valence-electron chi connectivity index (χ4n) is 2.18. The number of aromatic nitrogens is 1. The number of guanidine groups is 1. The van der Waals surface area contributed by atoms with Crippen molar-refractivity contribution >= 4 is 17.3 Å². The molecule has 0 fully saturated rings. The second kappa shape index (κ2) is 9.15. The number of phenols is 1. The fraction of sp³-hybridized carbons (Fsp3) is 0.412. The molecule has 0 aliphatic rings. The van der Waals surface area contributed by atoms with Crippen LogP contribution in [0.25, 0.3) is 0 Å². The minimum atomic E-state index is 0.307. The van der Waals surface area contributed by atoms with Crippen LogP contribution < -0.4 is 10.6 Å². The Kier molecular flexibility index (Phi) is 6.87. The molecule has 1 aromatic carbocycles. The molecule has 0 spiro atoms. The number of thiazole rings is 1. The van der Waals surface area contributed by atoms with Gasteiger partial charge in [-0.05, 0) is 38.0 Å². The molecule has 1 heterocycles. The van der Waals surface area contributed by atoms with Crippen LogP contribution in [0.4, 0.5) is 0 Å². The number of hydrogen-bond acceptors (Lipinski definition) is 4. The Balaban J connectivity index is 1.79. The van der Waals surface area contributed by atoms with Crippen molar-refractivity contribution in [2.24, 2.45) is 4.99 Å². The van der Waals surface area contributed by atoms with Crippen LogP contribution in [-0.4, -0.2) is 35.7 Å². The van der Waals surface area contributed by atoms with Crippen LogP contribution in [0.1, 0.15) is 23.2 Å². The lowest BCUT2D eigenvalue weighted by Gasteiger charge is -2.11. The van der Waals surface area contributed by atoms with Gasteiger partial charge >= 0.3 is 0 Å². The largest absolute Gasteiger partial charge is 0.508 e. The number of nitrogens with zero attached hydrogens (tertiary/aromatic N) is 2. The van der Waals surface area contributed by atoms with Crippen LogP contribution in [-0.2, 0) is 12.8 Å². The van der Waals surface area contributed by atoms with E-state index in [1.807, 2.05) is 19.1 Å². The molecule has 5 nitrogen and oxygen atoms in total. The number of phenolic OH excluding ortho intramolecular Hbond substituents is 1. The lowest BCUT2D eigenvalue weighted by Crippen LogP contribution is -2.38. The maximum atomic E-state index is 9.47. The second-order valence-electron chi connectivity index (χ2n) is 5.22. The van der Waals surface area contributed by atoms with Gasteiger partial charge in [-0.15, -0.1) is 11.3 Å². The predicted octanol–water partition coefficient (Wildman–Crippen LogP) is 2.50. The van der Waals surface area contributed by atoms with Gasteiger partial charge in [-0.1, -0.05) is 12.1 Å². The van der Waals surface area contributed by atoms with E-state index in [-0.39, 0.29) is 0 Å². The summed E-state index contributed by atoms with van der Waals surface area (Å²) in [6.45, 7) is 6.38. The van der Waals surface area contributed by atoms with Crippen LogP contribution >= 0.6 is 11.3 Å². The quantitative estimate of drug-likeness (QED) is 0.538. The standard InChI is InChI=1S/C17H24N4OS/c1-3-18-17(20-10-8-15-12-23-13(2)21-15)19-9-7-14-5-4-6-16(22)11-14/h4-6,11-12,22H,3,7-10H2,1-2H3,(H2,18,19,20). The van der Waals surface area contributed by atoms with Gasteiger partial charge in [-0.25, -0.2) is 4.98 Å². The van der Waals surface area contributed by atoms with E-state index in [1.165, 1.54) is 0 Å². The highest BCUT2D eigenvalue weighted by molar-refractivity contribution is 7.09. The molecule has 0 bridgehead atoms. The first-order valence-electron chi connectivity index (χ1n) is 7.88. The molecule has 124 valence electrons. The molecule has 2 rings (SSSR count). The fourth-order valence-corrected chi connectivity index (χ4v) is 2.83. The van der Waals surface area contributed by atoms with Gasteiger partial charge in [0.15, 0.2) is 5.96 Å². The van der Waals surface area contributed by atoms with Gasteiger partial charge < -0.3 is 15.7 Å². The van der Waals surface area contributed by atoms with E-state index in [0.717, 1.165) is 48.2 Å². The van der Waals surface area contributed by atoms with Crippen molar-refractivity contribution in [2.75, 3.05) is 19.6 Å². The lowest BCUT2D eigenvalue weighted by atomic mass is 10.1. The molecule has 0 aliphatic heterocycles. The summed E-state index contributed by atoms with van der Waals surface area (Å²) in [5.74, 6) is 1.13. The Morgan fingerprint density at radius 2 is 2.17 bits per heavy atom. The highest BCUT2D eigenvalue weighted by Gasteiger charge is 2.00. The molecule has 0 amide bonds. The zero-order valence-electron chi connectivity index (χ0n) is 13.7. The molecule has 1 aromatic heterocycles. The van der Waals surface area contributed by atoms with Gasteiger partial charge in [0.2, 0.25) is 0 Å². The molecular weight excluding hydrogens is 308 g/mol. The summed E-state index contributed by atoms with van der Waals surface area (Å²) >= 11 is 1.67. The third-order valence-corrected chi connectivity index (χ3v) is 4.09. The summed E-state index contributed by atoms with van der Waals surface area (Å²) in [6.07, 6.45) is 1.69. The van der Waals surface area contributed by atoms with Crippen molar-refractivity contribution in [2.45, 2.75) is 26.7 Å². The maximum absolute atomic E-state index is 9.47. The Hall–Kier alpha value is -2.08. The highest BCUT2D eigenvalue weighted by Crippen LogP contribution is 2.11. The first kappa shape index (κ1) is 17.3.